The van der Waals surface area contributed by atoms with E-state index in [2.05, 4.69) is 0 Å². The van der Waals surface area contributed by atoms with Crippen molar-refractivity contribution in [3.63, 3.8) is 0 Å². The van der Waals surface area contributed by atoms with E-state index in [0.717, 1.165) is 23.3 Å². The molecule has 6 heteroatoms. The highest BCUT2D eigenvalue weighted by Gasteiger charge is 2.23. The number of amides is 1. The molecule has 27 heavy (non-hydrogen) atoms. The Morgan fingerprint density at radius 2 is 1.85 bits per heavy atom. The van der Waals surface area contributed by atoms with Gasteiger partial charge in [-0.05, 0) is 54.4 Å². The van der Waals surface area contributed by atoms with E-state index in [0.29, 0.717) is 37.0 Å². The van der Waals surface area contributed by atoms with E-state index in [4.69, 9.17) is 21.1 Å². The van der Waals surface area contributed by atoms with Crippen molar-refractivity contribution in [2.75, 3.05) is 34.4 Å². The maximum atomic E-state index is 12.8. The number of carbonyl (C=O) groups is 1. The maximum Gasteiger partial charge on any atom is 0.237 e. The van der Waals surface area contributed by atoms with Crippen molar-refractivity contribution < 1.29 is 14.3 Å². The van der Waals surface area contributed by atoms with E-state index < -0.39 is 0 Å². The third-order valence-electron chi connectivity index (χ3n) is 4.82. The van der Waals surface area contributed by atoms with Crippen molar-refractivity contribution in [1.82, 2.24) is 9.80 Å². The van der Waals surface area contributed by atoms with Gasteiger partial charge in [0.2, 0.25) is 5.91 Å². The van der Waals surface area contributed by atoms with Crippen LogP contribution >= 0.6 is 11.6 Å². The third-order valence-corrected chi connectivity index (χ3v) is 5.05. The third kappa shape index (κ3) is 4.73. The van der Waals surface area contributed by atoms with E-state index in [1.807, 2.05) is 53.2 Å². The molecule has 0 bridgehead atoms. The Morgan fingerprint density at radius 3 is 2.52 bits per heavy atom. The SMILES string of the molecule is COc1cc2c(cc1OC)CN(C(=O)CN(C)Cc1cccc(Cl)c1)CC2. The fourth-order valence-corrected chi connectivity index (χ4v) is 3.64. The van der Waals surface area contributed by atoms with Crippen LogP contribution in [0.25, 0.3) is 0 Å². The van der Waals surface area contributed by atoms with Gasteiger partial charge in [0.1, 0.15) is 0 Å². The Kier molecular flexibility index (Phi) is 6.24. The predicted octanol–water partition coefficient (Wildman–Crippen LogP) is 3.37. The van der Waals surface area contributed by atoms with Crippen LogP contribution in [0.4, 0.5) is 0 Å². The summed E-state index contributed by atoms with van der Waals surface area (Å²) in [4.78, 5) is 16.7. The Labute approximate surface area is 165 Å². The van der Waals surface area contributed by atoms with Crippen LogP contribution in [0.2, 0.25) is 5.02 Å². The number of ether oxygens (including phenoxy) is 2. The zero-order valence-electron chi connectivity index (χ0n) is 16.0. The number of rotatable bonds is 6. The molecule has 0 aliphatic carbocycles. The standard InChI is InChI=1S/C21H25ClN2O3/c1-23(12-15-5-4-6-18(22)9-15)14-21(25)24-8-7-16-10-19(26-2)20(27-3)11-17(16)13-24/h4-6,9-11H,7-8,12-14H2,1-3H3. The molecule has 0 atom stereocenters. The number of hydrogen-bond acceptors (Lipinski definition) is 4. The molecular formula is C21H25ClN2O3. The normalized spacial score (nSPS) is 13.4. The number of hydrogen-bond donors (Lipinski definition) is 0. The second kappa shape index (κ2) is 8.63. The molecule has 5 nitrogen and oxygen atoms in total. The van der Waals surface area contributed by atoms with Gasteiger partial charge in [0.15, 0.2) is 11.5 Å². The van der Waals surface area contributed by atoms with Crippen LogP contribution in [0.1, 0.15) is 16.7 Å². The molecule has 0 unspecified atom stereocenters. The highest BCUT2D eigenvalue weighted by Crippen LogP contribution is 2.33. The van der Waals surface area contributed by atoms with Gasteiger partial charge in [0, 0.05) is 24.7 Å². The number of methoxy groups -OCH3 is 2. The minimum absolute atomic E-state index is 0.125. The van der Waals surface area contributed by atoms with Crippen LogP contribution in [0.15, 0.2) is 36.4 Å². The van der Waals surface area contributed by atoms with E-state index in [1.165, 1.54) is 5.56 Å². The second-order valence-corrected chi connectivity index (χ2v) is 7.28. The Bertz CT molecular complexity index is 825. The summed E-state index contributed by atoms with van der Waals surface area (Å²) in [6, 6.07) is 11.7. The molecule has 2 aromatic rings. The molecule has 1 heterocycles. The highest BCUT2D eigenvalue weighted by molar-refractivity contribution is 6.30. The molecule has 1 amide bonds. The number of benzene rings is 2. The minimum Gasteiger partial charge on any atom is -0.493 e. The van der Waals surface area contributed by atoms with Gasteiger partial charge in [-0.2, -0.15) is 0 Å². The molecule has 144 valence electrons. The first-order chi connectivity index (χ1) is 13.0. The average molecular weight is 389 g/mol. The summed E-state index contributed by atoms with van der Waals surface area (Å²) >= 11 is 6.04. The van der Waals surface area contributed by atoms with Gasteiger partial charge in [-0.15, -0.1) is 0 Å². The number of halogens is 1. The van der Waals surface area contributed by atoms with Crippen molar-refractivity contribution in [2.24, 2.45) is 0 Å². The van der Waals surface area contributed by atoms with Crippen molar-refractivity contribution in [1.29, 1.82) is 0 Å². The van der Waals surface area contributed by atoms with Gasteiger partial charge in [-0.25, -0.2) is 0 Å². The Morgan fingerprint density at radius 1 is 1.15 bits per heavy atom. The van der Waals surface area contributed by atoms with E-state index in [1.54, 1.807) is 14.2 Å². The van der Waals surface area contributed by atoms with E-state index in [9.17, 15) is 4.79 Å². The van der Waals surface area contributed by atoms with Gasteiger partial charge in [0.05, 0.1) is 20.8 Å². The van der Waals surface area contributed by atoms with E-state index >= 15 is 0 Å². The predicted molar refractivity (Wildman–Crippen MR) is 106 cm³/mol. The first kappa shape index (κ1) is 19.5. The zero-order chi connectivity index (χ0) is 19.4. The molecular weight excluding hydrogens is 364 g/mol. The van der Waals surface area contributed by atoms with Crippen LogP contribution < -0.4 is 9.47 Å². The lowest BCUT2D eigenvalue weighted by atomic mass is 9.98. The molecule has 0 N–H and O–H groups in total. The molecule has 2 aromatic carbocycles. The molecule has 1 aliphatic heterocycles. The smallest absolute Gasteiger partial charge is 0.237 e. The average Bonchev–Trinajstić information content (AvgIpc) is 2.66. The van der Waals surface area contributed by atoms with Crippen molar-refractivity contribution in [3.05, 3.63) is 58.1 Å². The number of carbonyl (C=O) groups excluding carboxylic acids is 1. The fourth-order valence-electron chi connectivity index (χ4n) is 3.43. The van der Waals surface area contributed by atoms with Crippen molar-refractivity contribution >= 4 is 17.5 Å². The van der Waals surface area contributed by atoms with Crippen LogP contribution in [-0.4, -0.2) is 50.1 Å². The second-order valence-electron chi connectivity index (χ2n) is 6.84. The fraction of sp³-hybridized carbons (Fsp3) is 0.381. The van der Waals surface area contributed by atoms with E-state index in [-0.39, 0.29) is 5.91 Å². The Balaban J connectivity index is 1.63. The highest BCUT2D eigenvalue weighted by atomic mass is 35.5. The summed E-state index contributed by atoms with van der Waals surface area (Å²) in [5.41, 5.74) is 3.42. The molecule has 0 spiro atoms. The summed E-state index contributed by atoms with van der Waals surface area (Å²) in [6.07, 6.45) is 0.819. The van der Waals surface area contributed by atoms with Crippen LogP contribution in [-0.2, 0) is 24.3 Å². The lowest BCUT2D eigenvalue weighted by Gasteiger charge is -2.31. The molecule has 0 saturated heterocycles. The number of nitrogens with zero attached hydrogens (tertiary/aromatic N) is 2. The van der Waals surface area contributed by atoms with Crippen LogP contribution in [0.5, 0.6) is 11.5 Å². The monoisotopic (exact) mass is 388 g/mol. The minimum atomic E-state index is 0.125. The summed E-state index contributed by atoms with van der Waals surface area (Å²) in [6.45, 7) is 2.36. The molecule has 1 aliphatic rings. The lowest BCUT2D eigenvalue weighted by Crippen LogP contribution is -2.41. The molecule has 0 aromatic heterocycles. The van der Waals surface area contributed by atoms with Crippen LogP contribution in [0.3, 0.4) is 0 Å². The van der Waals surface area contributed by atoms with Gasteiger partial charge in [0.25, 0.3) is 0 Å². The zero-order valence-corrected chi connectivity index (χ0v) is 16.8. The van der Waals surface area contributed by atoms with Crippen LogP contribution in [0, 0.1) is 0 Å². The first-order valence-corrected chi connectivity index (χ1v) is 9.32. The topological polar surface area (TPSA) is 42.0 Å². The van der Waals surface area contributed by atoms with Crippen molar-refractivity contribution in [3.8, 4) is 11.5 Å². The molecule has 3 rings (SSSR count). The largest absolute Gasteiger partial charge is 0.493 e. The summed E-state index contributed by atoms with van der Waals surface area (Å²) in [7, 11) is 5.21. The summed E-state index contributed by atoms with van der Waals surface area (Å²) < 4.78 is 10.8. The van der Waals surface area contributed by atoms with Crippen molar-refractivity contribution in [2.45, 2.75) is 19.5 Å². The van der Waals surface area contributed by atoms with Gasteiger partial charge >= 0.3 is 0 Å². The van der Waals surface area contributed by atoms with Gasteiger partial charge < -0.3 is 14.4 Å². The number of fused-ring (bicyclic) bond motifs is 1. The first-order valence-electron chi connectivity index (χ1n) is 8.94. The number of likely N-dealkylation sites (N-methyl/N-ethyl adjacent to an activating group) is 1. The van der Waals surface area contributed by atoms with Gasteiger partial charge in [-0.1, -0.05) is 23.7 Å². The maximum absolute atomic E-state index is 12.8. The molecule has 0 radical (unpaired) electrons. The summed E-state index contributed by atoms with van der Waals surface area (Å²) in [5.74, 6) is 1.56. The quantitative estimate of drug-likeness (QED) is 0.760. The summed E-state index contributed by atoms with van der Waals surface area (Å²) in [5, 5.41) is 0.712. The molecule has 0 fully saturated rings. The Hall–Kier alpha value is -2.24. The molecule has 0 saturated carbocycles. The lowest BCUT2D eigenvalue weighted by molar-refractivity contribution is -0.133. The van der Waals surface area contributed by atoms with Gasteiger partial charge in [-0.3, -0.25) is 9.69 Å².